The van der Waals surface area contributed by atoms with E-state index in [2.05, 4.69) is 29.4 Å². The number of rotatable bonds is 4. The second kappa shape index (κ2) is 7.72. The third kappa shape index (κ3) is 3.65. The van der Waals surface area contributed by atoms with Gasteiger partial charge in [-0.05, 0) is 43.0 Å². The fourth-order valence-electron chi connectivity index (χ4n) is 4.63. The zero-order valence-corrected chi connectivity index (χ0v) is 18.5. The number of ether oxygens (including phenoxy) is 2. The highest BCUT2D eigenvalue weighted by Gasteiger charge is 2.44. The second-order valence-corrected chi connectivity index (χ2v) is 8.85. The summed E-state index contributed by atoms with van der Waals surface area (Å²) in [5.74, 6) is -0.226. The Hall–Kier alpha value is -3.35. The summed E-state index contributed by atoms with van der Waals surface area (Å²) < 4.78 is 10.4. The van der Waals surface area contributed by atoms with Crippen molar-refractivity contribution in [1.82, 2.24) is 15.5 Å². The van der Waals surface area contributed by atoms with E-state index in [9.17, 15) is 9.59 Å². The molecule has 7 heteroatoms. The van der Waals surface area contributed by atoms with E-state index in [-0.39, 0.29) is 11.2 Å². The standard InChI is InChI=1S/C24H27N3O4/c1-13-19(23(29)31-5)20(21-17(26-13)10-24(2,3)11-18(21)28)16-12-25-27-22(16)14-6-8-15(30-4)9-7-14/h6-9,12,20,26H,10-11H2,1-5H3,(H,25,27)/t20-/m0/s1. The van der Waals surface area contributed by atoms with Crippen molar-refractivity contribution in [3.05, 3.63) is 58.6 Å². The molecule has 0 saturated heterocycles. The van der Waals surface area contributed by atoms with Gasteiger partial charge in [-0.2, -0.15) is 5.10 Å². The Kier molecular flexibility index (Phi) is 5.21. The Bertz CT molecular complexity index is 1110. The van der Waals surface area contributed by atoms with Crippen molar-refractivity contribution in [2.45, 2.75) is 39.5 Å². The molecular formula is C24H27N3O4. The zero-order chi connectivity index (χ0) is 22.3. The van der Waals surface area contributed by atoms with Gasteiger partial charge in [0.15, 0.2) is 5.78 Å². The minimum Gasteiger partial charge on any atom is -0.497 e. The van der Waals surface area contributed by atoms with Crippen molar-refractivity contribution in [2.24, 2.45) is 5.41 Å². The molecule has 162 valence electrons. The summed E-state index contributed by atoms with van der Waals surface area (Å²) in [5.41, 5.74) is 4.90. The number of esters is 1. The number of aromatic amines is 1. The summed E-state index contributed by atoms with van der Waals surface area (Å²) in [6.45, 7) is 6.02. The number of nitrogens with zero attached hydrogens (tertiary/aromatic N) is 1. The molecule has 1 aromatic heterocycles. The minimum absolute atomic E-state index is 0.0412. The number of carbonyl (C=O) groups excluding carboxylic acids is 2. The van der Waals surface area contributed by atoms with Gasteiger partial charge in [-0.3, -0.25) is 9.89 Å². The Morgan fingerprint density at radius 1 is 1.16 bits per heavy atom. The van der Waals surface area contributed by atoms with Crippen molar-refractivity contribution < 1.29 is 19.1 Å². The molecule has 2 heterocycles. The second-order valence-electron chi connectivity index (χ2n) is 8.85. The summed E-state index contributed by atoms with van der Waals surface area (Å²) in [6, 6.07) is 7.58. The molecule has 2 aliphatic rings. The number of ketones is 1. The Balaban J connectivity index is 1.90. The first-order valence-electron chi connectivity index (χ1n) is 10.3. The number of hydrogen-bond donors (Lipinski definition) is 2. The third-order valence-corrected chi connectivity index (χ3v) is 6.00. The molecule has 2 N–H and O–H groups in total. The van der Waals surface area contributed by atoms with Gasteiger partial charge in [-0.25, -0.2) is 4.79 Å². The predicted molar refractivity (Wildman–Crippen MR) is 116 cm³/mol. The van der Waals surface area contributed by atoms with Crippen LogP contribution < -0.4 is 10.1 Å². The molecule has 1 aromatic carbocycles. The van der Waals surface area contributed by atoms with Gasteiger partial charge >= 0.3 is 5.97 Å². The number of H-pyrrole nitrogens is 1. The van der Waals surface area contributed by atoms with Crippen LogP contribution >= 0.6 is 0 Å². The highest BCUT2D eigenvalue weighted by atomic mass is 16.5. The van der Waals surface area contributed by atoms with E-state index >= 15 is 0 Å². The molecule has 0 radical (unpaired) electrons. The van der Waals surface area contributed by atoms with Gasteiger partial charge in [0.2, 0.25) is 0 Å². The third-order valence-electron chi connectivity index (χ3n) is 6.00. The highest BCUT2D eigenvalue weighted by molar-refractivity contribution is 6.04. The van der Waals surface area contributed by atoms with Crippen LogP contribution in [0.3, 0.4) is 0 Å². The van der Waals surface area contributed by atoms with Crippen LogP contribution in [0.2, 0.25) is 0 Å². The maximum atomic E-state index is 13.3. The van der Waals surface area contributed by atoms with E-state index in [1.165, 1.54) is 7.11 Å². The lowest BCUT2D eigenvalue weighted by Gasteiger charge is -2.39. The molecule has 2 aromatic rings. The Labute approximate surface area is 181 Å². The fraction of sp³-hybridized carbons (Fsp3) is 0.375. The molecule has 0 unspecified atom stereocenters. The maximum Gasteiger partial charge on any atom is 0.336 e. The minimum atomic E-state index is -0.553. The van der Waals surface area contributed by atoms with E-state index < -0.39 is 11.9 Å². The number of methoxy groups -OCH3 is 2. The molecule has 1 aliphatic heterocycles. The van der Waals surface area contributed by atoms with Gasteiger partial charge in [0.1, 0.15) is 5.75 Å². The van der Waals surface area contributed by atoms with Gasteiger partial charge in [-0.15, -0.1) is 0 Å². The van der Waals surface area contributed by atoms with Gasteiger partial charge in [0.05, 0.1) is 37.6 Å². The van der Waals surface area contributed by atoms with Crippen molar-refractivity contribution in [3.8, 4) is 17.0 Å². The topological polar surface area (TPSA) is 93.3 Å². The van der Waals surface area contributed by atoms with Gasteiger partial charge in [0, 0.05) is 34.5 Å². The summed E-state index contributed by atoms with van der Waals surface area (Å²) >= 11 is 0. The smallest absolute Gasteiger partial charge is 0.336 e. The maximum absolute atomic E-state index is 13.3. The van der Waals surface area contributed by atoms with E-state index in [1.54, 1.807) is 13.3 Å². The van der Waals surface area contributed by atoms with Gasteiger partial charge in [0.25, 0.3) is 0 Å². The molecule has 0 saturated carbocycles. The molecule has 0 fully saturated rings. The number of Topliss-reactive ketones (excluding diaryl/α,β-unsaturated/α-hetero) is 1. The van der Waals surface area contributed by atoms with Crippen molar-refractivity contribution in [3.63, 3.8) is 0 Å². The molecular weight excluding hydrogens is 394 g/mol. The molecule has 7 nitrogen and oxygen atoms in total. The lowest BCUT2D eigenvalue weighted by atomic mass is 9.68. The molecule has 0 spiro atoms. The van der Waals surface area contributed by atoms with Crippen LogP contribution in [0, 0.1) is 5.41 Å². The lowest BCUT2D eigenvalue weighted by molar-refractivity contribution is -0.136. The first kappa shape index (κ1) is 20.9. The molecule has 4 rings (SSSR count). The number of dihydropyridines is 1. The Morgan fingerprint density at radius 3 is 2.52 bits per heavy atom. The molecule has 1 atom stereocenters. The van der Waals surface area contributed by atoms with Gasteiger partial charge < -0.3 is 14.8 Å². The number of aromatic nitrogens is 2. The van der Waals surface area contributed by atoms with Crippen LogP contribution in [0.25, 0.3) is 11.3 Å². The number of allylic oxidation sites excluding steroid dienone is 3. The van der Waals surface area contributed by atoms with Crippen molar-refractivity contribution >= 4 is 11.8 Å². The molecule has 31 heavy (non-hydrogen) atoms. The summed E-state index contributed by atoms with van der Waals surface area (Å²) in [4.78, 5) is 26.1. The van der Waals surface area contributed by atoms with Crippen molar-refractivity contribution in [2.75, 3.05) is 14.2 Å². The van der Waals surface area contributed by atoms with E-state index in [0.29, 0.717) is 23.3 Å². The number of hydrogen-bond acceptors (Lipinski definition) is 6. The lowest BCUT2D eigenvalue weighted by Crippen LogP contribution is -2.38. The van der Waals surface area contributed by atoms with Crippen LogP contribution in [-0.2, 0) is 14.3 Å². The quantitative estimate of drug-likeness (QED) is 0.728. The van der Waals surface area contributed by atoms with Crippen LogP contribution in [0.1, 0.15) is 45.1 Å². The van der Waals surface area contributed by atoms with Crippen molar-refractivity contribution in [1.29, 1.82) is 0 Å². The number of carbonyl (C=O) groups is 2. The molecule has 1 aliphatic carbocycles. The number of benzene rings is 1. The SMILES string of the molecule is COC(=O)C1=C(C)NC2=C(C(=O)CC(C)(C)C2)[C@H]1c1cn[nH]c1-c1ccc(OC)cc1. The predicted octanol–water partition coefficient (Wildman–Crippen LogP) is 3.86. The average molecular weight is 421 g/mol. The highest BCUT2D eigenvalue weighted by Crippen LogP contribution is 2.48. The summed E-state index contributed by atoms with van der Waals surface area (Å²) in [6.07, 6.45) is 2.85. The average Bonchev–Trinajstić information content (AvgIpc) is 3.20. The Morgan fingerprint density at radius 2 is 1.87 bits per heavy atom. The number of nitrogens with one attached hydrogen (secondary N) is 2. The normalized spacial score (nSPS) is 20.3. The summed E-state index contributed by atoms with van der Waals surface area (Å²) in [7, 11) is 2.97. The van der Waals surface area contributed by atoms with E-state index in [1.807, 2.05) is 31.2 Å². The van der Waals surface area contributed by atoms with Crippen LogP contribution in [0.5, 0.6) is 5.75 Å². The first-order valence-corrected chi connectivity index (χ1v) is 10.3. The monoisotopic (exact) mass is 421 g/mol. The van der Waals surface area contributed by atoms with Crippen LogP contribution in [-0.4, -0.2) is 36.2 Å². The zero-order valence-electron chi connectivity index (χ0n) is 18.5. The van der Waals surface area contributed by atoms with Crippen LogP contribution in [0.15, 0.2) is 53.0 Å². The van der Waals surface area contributed by atoms with Gasteiger partial charge in [-0.1, -0.05) is 13.8 Å². The largest absolute Gasteiger partial charge is 0.497 e. The fourth-order valence-corrected chi connectivity index (χ4v) is 4.63. The molecule has 0 bridgehead atoms. The van der Waals surface area contributed by atoms with Crippen LogP contribution in [0.4, 0.5) is 0 Å². The first-order chi connectivity index (χ1) is 14.8. The summed E-state index contributed by atoms with van der Waals surface area (Å²) in [5, 5.41) is 10.6. The van der Waals surface area contributed by atoms with E-state index in [4.69, 9.17) is 9.47 Å². The van der Waals surface area contributed by atoms with E-state index in [0.717, 1.165) is 34.7 Å². The molecule has 0 amide bonds.